The predicted molar refractivity (Wildman–Crippen MR) is 43.3 cm³/mol. The lowest BCUT2D eigenvalue weighted by atomic mass is 10.3. The van der Waals surface area contributed by atoms with E-state index in [2.05, 4.69) is 16.0 Å². The molecule has 0 aliphatic carbocycles. The van der Waals surface area contributed by atoms with Crippen molar-refractivity contribution in [2.75, 3.05) is 26.7 Å². The molecule has 3 N–H and O–H groups in total. The van der Waals surface area contributed by atoms with Crippen molar-refractivity contribution >= 4 is 5.91 Å². The minimum Gasteiger partial charge on any atom is -0.358 e. The summed E-state index contributed by atoms with van der Waals surface area (Å²) in [5.41, 5.74) is 0. The molecule has 0 aromatic rings. The molecule has 1 unspecified atom stereocenters. The van der Waals surface area contributed by atoms with Gasteiger partial charge in [0.1, 0.15) is 0 Å². The minimum atomic E-state index is -0.0532. The van der Waals surface area contributed by atoms with Crippen LogP contribution >= 0.6 is 0 Å². The van der Waals surface area contributed by atoms with Crippen molar-refractivity contribution in [3.63, 3.8) is 0 Å². The number of likely N-dealkylation sites (N-methyl/N-ethyl adjacent to an activating group) is 1. The second-order valence-corrected chi connectivity index (χ2v) is 2.68. The first kappa shape index (κ1) is 8.49. The van der Waals surface area contributed by atoms with E-state index in [4.69, 9.17) is 0 Å². The van der Waals surface area contributed by atoms with Crippen molar-refractivity contribution in [2.24, 2.45) is 0 Å². The van der Waals surface area contributed by atoms with Gasteiger partial charge in [-0.15, -0.1) is 0 Å². The molecular formula is C7H15N3O. The van der Waals surface area contributed by atoms with Gasteiger partial charge in [-0.3, -0.25) is 4.79 Å². The molecule has 0 aromatic heterocycles. The summed E-state index contributed by atoms with van der Waals surface area (Å²) in [5.74, 6) is 0.0689. The van der Waals surface area contributed by atoms with Gasteiger partial charge in [0.25, 0.3) is 0 Å². The molecule has 0 radical (unpaired) electrons. The Labute approximate surface area is 66.7 Å². The van der Waals surface area contributed by atoms with E-state index in [1.54, 1.807) is 7.05 Å². The fraction of sp³-hybridized carbons (Fsp3) is 0.857. The highest BCUT2D eigenvalue weighted by Gasteiger charge is 2.16. The van der Waals surface area contributed by atoms with Gasteiger partial charge in [-0.2, -0.15) is 0 Å². The van der Waals surface area contributed by atoms with Gasteiger partial charge in [0.15, 0.2) is 0 Å². The highest BCUT2D eigenvalue weighted by Crippen LogP contribution is 1.88. The standard InChI is InChI=1S/C7H15N3O/c1-8-7(11)6-5-9-3-2-4-10-6/h6,9-10H,2-5H2,1H3,(H,8,11). The van der Waals surface area contributed by atoms with Gasteiger partial charge < -0.3 is 16.0 Å². The molecule has 0 bridgehead atoms. The zero-order valence-electron chi connectivity index (χ0n) is 6.81. The Morgan fingerprint density at radius 2 is 2.36 bits per heavy atom. The van der Waals surface area contributed by atoms with Crippen molar-refractivity contribution in [1.82, 2.24) is 16.0 Å². The minimum absolute atomic E-state index is 0.0532. The number of amides is 1. The summed E-state index contributed by atoms with van der Waals surface area (Å²) in [6, 6.07) is -0.0532. The highest BCUT2D eigenvalue weighted by atomic mass is 16.2. The van der Waals surface area contributed by atoms with Crippen LogP contribution in [0.5, 0.6) is 0 Å². The van der Waals surface area contributed by atoms with E-state index in [1.165, 1.54) is 0 Å². The molecule has 1 fully saturated rings. The van der Waals surface area contributed by atoms with Gasteiger partial charge in [-0.1, -0.05) is 0 Å². The van der Waals surface area contributed by atoms with E-state index < -0.39 is 0 Å². The number of nitrogens with one attached hydrogen (secondary N) is 3. The van der Waals surface area contributed by atoms with Crippen LogP contribution in [0.25, 0.3) is 0 Å². The number of rotatable bonds is 1. The third-order valence-corrected chi connectivity index (χ3v) is 1.83. The summed E-state index contributed by atoms with van der Waals surface area (Å²) in [6.45, 7) is 2.66. The topological polar surface area (TPSA) is 53.2 Å². The van der Waals surface area contributed by atoms with Crippen LogP contribution in [0.3, 0.4) is 0 Å². The van der Waals surface area contributed by atoms with Crippen LogP contribution in [-0.2, 0) is 4.79 Å². The summed E-state index contributed by atoms with van der Waals surface area (Å²) in [6.07, 6.45) is 1.09. The Hall–Kier alpha value is -0.610. The average molecular weight is 157 g/mol. The van der Waals surface area contributed by atoms with Crippen molar-refractivity contribution in [2.45, 2.75) is 12.5 Å². The third kappa shape index (κ3) is 2.48. The average Bonchev–Trinajstić information content (AvgIpc) is 2.30. The molecule has 11 heavy (non-hydrogen) atoms. The summed E-state index contributed by atoms with van der Waals surface area (Å²) < 4.78 is 0. The maximum atomic E-state index is 11.1. The summed E-state index contributed by atoms with van der Waals surface area (Å²) in [7, 11) is 1.66. The number of carbonyl (C=O) groups excluding carboxylic acids is 1. The second kappa shape index (κ2) is 4.31. The Morgan fingerprint density at radius 1 is 1.55 bits per heavy atom. The lowest BCUT2D eigenvalue weighted by molar-refractivity contribution is -0.122. The molecule has 1 amide bonds. The molecule has 1 heterocycles. The van der Waals surface area contributed by atoms with E-state index in [1.807, 2.05) is 0 Å². The second-order valence-electron chi connectivity index (χ2n) is 2.68. The molecule has 1 aliphatic heterocycles. The predicted octanol–water partition coefficient (Wildman–Crippen LogP) is -1.32. The van der Waals surface area contributed by atoms with Crippen LogP contribution in [0.2, 0.25) is 0 Å². The van der Waals surface area contributed by atoms with Crippen LogP contribution in [0.15, 0.2) is 0 Å². The normalized spacial score (nSPS) is 25.7. The van der Waals surface area contributed by atoms with Crippen LogP contribution in [0.4, 0.5) is 0 Å². The van der Waals surface area contributed by atoms with Crippen LogP contribution in [-0.4, -0.2) is 38.6 Å². The Morgan fingerprint density at radius 3 is 3.09 bits per heavy atom. The van der Waals surface area contributed by atoms with Crippen molar-refractivity contribution in [3.8, 4) is 0 Å². The molecule has 1 rings (SSSR count). The Bertz CT molecular complexity index is 130. The SMILES string of the molecule is CNC(=O)C1CNCCCN1. The van der Waals surface area contributed by atoms with Crippen molar-refractivity contribution < 1.29 is 4.79 Å². The van der Waals surface area contributed by atoms with E-state index in [0.717, 1.165) is 26.1 Å². The molecule has 4 nitrogen and oxygen atoms in total. The van der Waals surface area contributed by atoms with Gasteiger partial charge in [-0.05, 0) is 19.5 Å². The van der Waals surface area contributed by atoms with Gasteiger partial charge in [0.2, 0.25) is 5.91 Å². The lowest BCUT2D eigenvalue weighted by Crippen LogP contribution is -2.47. The van der Waals surface area contributed by atoms with Crippen LogP contribution < -0.4 is 16.0 Å². The number of carbonyl (C=O) groups is 1. The highest BCUT2D eigenvalue weighted by molar-refractivity contribution is 5.81. The molecule has 4 heteroatoms. The maximum absolute atomic E-state index is 11.1. The number of hydrogen-bond donors (Lipinski definition) is 3. The fourth-order valence-corrected chi connectivity index (χ4v) is 1.17. The smallest absolute Gasteiger partial charge is 0.238 e. The quantitative estimate of drug-likeness (QED) is 0.443. The monoisotopic (exact) mass is 157 g/mol. The lowest BCUT2D eigenvalue weighted by Gasteiger charge is -2.12. The van der Waals surface area contributed by atoms with Crippen LogP contribution in [0, 0.1) is 0 Å². The molecule has 1 atom stereocenters. The fourth-order valence-electron chi connectivity index (χ4n) is 1.17. The summed E-state index contributed by atoms with van der Waals surface area (Å²) >= 11 is 0. The van der Waals surface area contributed by atoms with Gasteiger partial charge in [-0.25, -0.2) is 0 Å². The first-order valence-corrected chi connectivity index (χ1v) is 4.00. The van der Waals surface area contributed by atoms with E-state index in [-0.39, 0.29) is 11.9 Å². The largest absolute Gasteiger partial charge is 0.358 e. The zero-order chi connectivity index (χ0) is 8.10. The van der Waals surface area contributed by atoms with E-state index in [9.17, 15) is 4.79 Å². The zero-order valence-corrected chi connectivity index (χ0v) is 6.81. The number of hydrogen-bond acceptors (Lipinski definition) is 3. The van der Waals surface area contributed by atoms with Gasteiger partial charge in [0.05, 0.1) is 6.04 Å². The molecule has 0 saturated carbocycles. The van der Waals surface area contributed by atoms with Gasteiger partial charge in [0, 0.05) is 13.6 Å². The summed E-state index contributed by atoms with van der Waals surface area (Å²) in [4.78, 5) is 11.1. The maximum Gasteiger partial charge on any atom is 0.238 e. The van der Waals surface area contributed by atoms with E-state index >= 15 is 0 Å². The van der Waals surface area contributed by atoms with Crippen molar-refractivity contribution in [3.05, 3.63) is 0 Å². The molecule has 0 aromatic carbocycles. The molecule has 0 spiro atoms. The first-order chi connectivity index (χ1) is 5.34. The van der Waals surface area contributed by atoms with Crippen molar-refractivity contribution in [1.29, 1.82) is 0 Å². The van der Waals surface area contributed by atoms with E-state index in [0.29, 0.717) is 0 Å². The third-order valence-electron chi connectivity index (χ3n) is 1.83. The molecular weight excluding hydrogens is 142 g/mol. The molecule has 1 aliphatic rings. The first-order valence-electron chi connectivity index (χ1n) is 4.00. The molecule has 1 saturated heterocycles. The molecule has 64 valence electrons. The van der Waals surface area contributed by atoms with Gasteiger partial charge >= 0.3 is 0 Å². The Kier molecular flexibility index (Phi) is 3.32. The van der Waals surface area contributed by atoms with Crippen LogP contribution in [0.1, 0.15) is 6.42 Å². The Balaban J connectivity index is 2.36. The summed E-state index contributed by atoms with van der Waals surface area (Å²) in [5, 5.41) is 8.97.